The molecule has 1 rings (SSSR count). The first kappa shape index (κ1) is 15.2. The summed E-state index contributed by atoms with van der Waals surface area (Å²) in [5.41, 5.74) is 1.06. The van der Waals surface area contributed by atoms with Crippen molar-refractivity contribution in [3.05, 3.63) is 29.8 Å². The zero-order chi connectivity index (χ0) is 14.3. The molecule has 102 valence electrons. The Bertz CT molecular complexity index is 465. The van der Waals surface area contributed by atoms with E-state index in [0.717, 1.165) is 19.4 Å². The molecule has 0 aromatic heterocycles. The molecule has 1 aromatic rings. The van der Waals surface area contributed by atoms with Crippen LogP contribution in [0.15, 0.2) is 24.3 Å². The van der Waals surface area contributed by atoms with Crippen molar-refractivity contribution in [1.82, 2.24) is 4.90 Å². The summed E-state index contributed by atoms with van der Waals surface area (Å²) in [5, 5.41) is 11.8. The summed E-state index contributed by atoms with van der Waals surface area (Å²) in [6.45, 7) is 4.90. The molecular formula is C15H21N3O. The highest BCUT2D eigenvalue weighted by molar-refractivity contribution is 5.95. The maximum absolute atomic E-state index is 12.1. The van der Waals surface area contributed by atoms with Crippen LogP contribution in [0, 0.1) is 11.3 Å². The lowest BCUT2D eigenvalue weighted by molar-refractivity contribution is -0.120. The second kappa shape index (κ2) is 7.55. The van der Waals surface area contributed by atoms with Gasteiger partial charge in [0.2, 0.25) is 5.91 Å². The Labute approximate surface area is 115 Å². The molecule has 0 spiro atoms. The number of anilines is 1. The van der Waals surface area contributed by atoms with Crippen molar-refractivity contribution >= 4 is 11.6 Å². The Kier molecular flexibility index (Phi) is 6.04. The highest BCUT2D eigenvalue weighted by atomic mass is 16.2. The van der Waals surface area contributed by atoms with E-state index >= 15 is 0 Å². The van der Waals surface area contributed by atoms with E-state index in [4.69, 9.17) is 5.26 Å². The number of carbonyl (C=O) groups excluding carboxylic acids is 1. The number of amides is 1. The number of hydrogen-bond donors (Lipinski definition) is 1. The number of benzene rings is 1. The maximum atomic E-state index is 12.1. The number of para-hydroxylation sites is 1. The van der Waals surface area contributed by atoms with Crippen LogP contribution in [0.2, 0.25) is 0 Å². The predicted octanol–water partition coefficient (Wildman–Crippen LogP) is 2.62. The number of nitrogens with one attached hydrogen (secondary N) is 1. The van der Waals surface area contributed by atoms with Gasteiger partial charge in [0.05, 0.1) is 17.3 Å². The summed E-state index contributed by atoms with van der Waals surface area (Å²) in [4.78, 5) is 14.1. The summed E-state index contributed by atoms with van der Waals surface area (Å²) in [6.07, 6.45) is 2.18. The zero-order valence-corrected chi connectivity index (χ0v) is 11.8. The van der Waals surface area contributed by atoms with Crippen molar-refractivity contribution in [1.29, 1.82) is 5.26 Å². The molecule has 0 aliphatic heterocycles. The smallest absolute Gasteiger partial charge is 0.241 e. The van der Waals surface area contributed by atoms with Crippen LogP contribution in [0.1, 0.15) is 32.3 Å². The van der Waals surface area contributed by atoms with Crippen molar-refractivity contribution in [2.45, 2.75) is 32.7 Å². The van der Waals surface area contributed by atoms with Crippen LogP contribution in [0.5, 0.6) is 0 Å². The Morgan fingerprint density at radius 3 is 2.79 bits per heavy atom. The van der Waals surface area contributed by atoms with Gasteiger partial charge in [-0.2, -0.15) is 5.26 Å². The van der Waals surface area contributed by atoms with E-state index in [1.165, 1.54) is 0 Å². The van der Waals surface area contributed by atoms with E-state index in [2.05, 4.69) is 18.3 Å². The van der Waals surface area contributed by atoms with Crippen LogP contribution in [0.4, 0.5) is 5.69 Å². The highest BCUT2D eigenvalue weighted by Gasteiger charge is 2.18. The van der Waals surface area contributed by atoms with Crippen LogP contribution >= 0.6 is 0 Å². The van der Waals surface area contributed by atoms with Gasteiger partial charge in [0.1, 0.15) is 6.07 Å². The predicted molar refractivity (Wildman–Crippen MR) is 76.8 cm³/mol. The maximum Gasteiger partial charge on any atom is 0.241 e. The fourth-order valence-corrected chi connectivity index (χ4v) is 1.73. The number of hydrogen-bond acceptors (Lipinski definition) is 3. The lowest BCUT2D eigenvalue weighted by atomic mass is 10.2. The van der Waals surface area contributed by atoms with Gasteiger partial charge in [-0.25, -0.2) is 0 Å². The van der Waals surface area contributed by atoms with Gasteiger partial charge in [-0.1, -0.05) is 25.5 Å². The summed E-state index contributed by atoms with van der Waals surface area (Å²) in [6, 6.07) is 8.90. The van der Waals surface area contributed by atoms with Gasteiger partial charge in [0.15, 0.2) is 0 Å². The fraction of sp³-hybridized carbons (Fsp3) is 0.467. The van der Waals surface area contributed by atoms with Gasteiger partial charge < -0.3 is 5.32 Å². The van der Waals surface area contributed by atoms with Crippen LogP contribution in [-0.2, 0) is 4.79 Å². The third-order valence-corrected chi connectivity index (χ3v) is 3.21. The number of rotatable bonds is 6. The third-order valence-electron chi connectivity index (χ3n) is 3.21. The number of carbonyl (C=O) groups is 1. The largest absolute Gasteiger partial charge is 0.324 e. The molecule has 1 amide bonds. The first-order valence-electron chi connectivity index (χ1n) is 6.60. The van der Waals surface area contributed by atoms with Crippen molar-refractivity contribution in [2.75, 3.05) is 18.9 Å². The topological polar surface area (TPSA) is 56.1 Å². The SMILES string of the molecule is CCCCN(C)C(C)C(=O)Nc1ccccc1C#N. The monoisotopic (exact) mass is 259 g/mol. The molecule has 0 heterocycles. The number of nitrogens with zero attached hydrogens (tertiary/aromatic N) is 2. The number of unbranched alkanes of at least 4 members (excludes halogenated alkanes) is 1. The van der Waals surface area contributed by atoms with Crippen molar-refractivity contribution < 1.29 is 4.79 Å². The second-order valence-corrected chi connectivity index (χ2v) is 4.66. The quantitative estimate of drug-likeness (QED) is 0.854. The molecule has 0 saturated heterocycles. The fourth-order valence-electron chi connectivity index (χ4n) is 1.73. The highest BCUT2D eigenvalue weighted by Crippen LogP contribution is 2.14. The molecule has 4 heteroatoms. The van der Waals surface area contributed by atoms with Crippen molar-refractivity contribution in [3.8, 4) is 6.07 Å². The molecule has 0 saturated carbocycles. The lowest BCUT2D eigenvalue weighted by Crippen LogP contribution is -2.40. The Morgan fingerprint density at radius 1 is 1.47 bits per heavy atom. The summed E-state index contributed by atoms with van der Waals surface area (Å²) >= 11 is 0. The first-order chi connectivity index (χ1) is 9.10. The molecule has 1 unspecified atom stereocenters. The molecule has 1 aromatic carbocycles. The van der Waals surface area contributed by atoms with Gasteiger partial charge in [0.25, 0.3) is 0 Å². The summed E-state index contributed by atoms with van der Waals surface area (Å²) < 4.78 is 0. The molecule has 19 heavy (non-hydrogen) atoms. The summed E-state index contributed by atoms with van der Waals surface area (Å²) in [7, 11) is 1.94. The van der Waals surface area contributed by atoms with Gasteiger partial charge in [-0.05, 0) is 39.1 Å². The standard InChI is InChI=1S/C15H21N3O/c1-4-5-10-18(3)12(2)15(19)17-14-9-7-6-8-13(14)11-16/h6-9,12H,4-5,10H2,1-3H3,(H,17,19). The normalized spacial score (nSPS) is 11.9. The number of nitriles is 1. The van der Waals surface area contributed by atoms with Gasteiger partial charge in [-0.15, -0.1) is 0 Å². The molecule has 0 aliphatic carbocycles. The molecule has 0 radical (unpaired) electrons. The Morgan fingerprint density at radius 2 is 2.16 bits per heavy atom. The molecule has 4 nitrogen and oxygen atoms in total. The number of likely N-dealkylation sites (N-methyl/N-ethyl adjacent to an activating group) is 1. The van der Waals surface area contributed by atoms with Crippen molar-refractivity contribution in [2.24, 2.45) is 0 Å². The van der Waals surface area contributed by atoms with Crippen molar-refractivity contribution in [3.63, 3.8) is 0 Å². The lowest BCUT2D eigenvalue weighted by Gasteiger charge is -2.23. The minimum atomic E-state index is -0.210. The van der Waals surface area contributed by atoms with E-state index in [-0.39, 0.29) is 11.9 Å². The van der Waals surface area contributed by atoms with Gasteiger partial charge in [0, 0.05) is 0 Å². The third kappa shape index (κ3) is 4.38. The van der Waals surface area contributed by atoms with E-state index in [9.17, 15) is 4.79 Å². The van der Waals surface area contributed by atoms with E-state index in [1.54, 1.807) is 18.2 Å². The molecular weight excluding hydrogens is 238 g/mol. The van der Waals surface area contributed by atoms with E-state index < -0.39 is 0 Å². The Balaban J connectivity index is 2.66. The summed E-state index contributed by atoms with van der Waals surface area (Å²) in [5.74, 6) is -0.0821. The average Bonchev–Trinajstić information content (AvgIpc) is 2.44. The molecule has 0 bridgehead atoms. The van der Waals surface area contributed by atoms with E-state index in [1.807, 2.05) is 24.9 Å². The van der Waals surface area contributed by atoms with Crippen LogP contribution in [-0.4, -0.2) is 30.4 Å². The molecule has 1 N–H and O–H groups in total. The Hall–Kier alpha value is -1.86. The minimum Gasteiger partial charge on any atom is -0.324 e. The first-order valence-corrected chi connectivity index (χ1v) is 6.60. The molecule has 0 aliphatic rings. The average molecular weight is 259 g/mol. The zero-order valence-electron chi connectivity index (χ0n) is 11.8. The molecule has 0 fully saturated rings. The van der Waals surface area contributed by atoms with Crippen LogP contribution in [0.25, 0.3) is 0 Å². The minimum absolute atomic E-state index is 0.0821. The van der Waals surface area contributed by atoms with Gasteiger partial charge in [-0.3, -0.25) is 9.69 Å². The molecule has 1 atom stereocenters. The van der Waals surface area contributed by atoms with Crippen LogP contribution in [0.3, 0.4) is 0 Å². The second-order valence-electron chi connectivity index (χ2n) is 4.66. The van der Waals surface area contributed by atoms with E-state index in [0.29, 0.717) is 11.3 Å². The van der Waals surface area contributed by atoms with Gasteiger partial charge >= 0.3 is 0 Å². The van der Waals surface area contributed by atoms with Crippen LogP contribution < -0.4 is 5.32 Å².